The summed E-state index contributed by atoms with van der Waals surface area (Å²) in [5.41, 5.74) is 0.203. The van der Waals surface area contributed by atoms with Crippen molar-refractivity contribution in [3.63, 3.8) is 0 Å². The average Bonchev–Trinajstić information content (AvgIpc) is 2.40. The predicted molar refractivity (Wildman–Crippen MR) is 62.2 cm³/mol. The summed E-state index contributed by atoms with van der Waals surface area (Å²) < 4.78 is 65.6. The Labute approximate surface area is 113 Å². The maximum atomic E-state index is 13.0. The molecule has 0 radical (unpaired) electrons. The molecule has 0 unspecified atom stereocenters. The van der Waals surface area contributed by atoms with Gasteiger partial charge in [-0.25, -0.2) is 0 Å². The van der Waals surface area contributed by atoms with Crippen molar-refractivity contribution in [2.24, 2.45) is 0 Å². The van der Waals surface area contributed by atoms with Crippen LogP contribution in [0.4, 0.5) is 13.3 Å². The van der Waals surface area contributed by atoms with Crippen molar-refractivity contribution in [1.29, 1.82) is 0 Å². The van der Waals surface area contributed by atoms with Crippen LogP contribution in [0.3, 0.4) is 0 Å². The first-order chi connectivity index (χ1) is 9.23. The molecule has 9 heteroatoms. The molecule has 1 aromatic rings. The Morgan fingerprint density at radius 1 is 1.40 bits per heavy atom. The highest BCUT2D eigenvalue weighted by molar-refractivity contribution is 7.87. The quantitative estimate of drug-likeness (QED) is 0.861. The Balaban J connectivity index is 2.92. The first kappa shape index (κ1) is 16.1. The van der Waals surface area contributed by atoms with Crippen LogP contribution in [-0.4, -0.2) is 25.9 Å². The summed E-state index contributed by atoms with van der Waals surface area (Å²) >= 11 is 0. The summed E-state index contributed by atoms with van der Waals surface area (Å²) in [6.45, 7) is 0. The maximum absolute atomic E-state index is 13.0. The molecule has 20 heavy (non-hydrogen) atoms. The van der Waals surface area contributed by atoms with Crippen LogP contribution in [0.5, 0.6) is 11.5 Å². The molecule has 0 heterocycles. The fourth-order valence-corrected chi connectivity index (χ4v) is 1.48. The molecule has 1 rings (SSSR count). The number of rotatable bonds is 4. The van der Waals surface area contributed by atoms with E-state index in [0.29, 0.717) is 0 Å². The van der Waals surface area contributed by atoms with Crippen LogP contribution in [0, 0.1) is 11.8 Å². The number of benzene rings is 1. The van der Waals surface area contributed by atoms with Crippen LogP contribution >= 0.6 is 0 Å². The lowest BCUT2D eigenvalue weighted by atomic mass is 10.2. The Morgan fingerprint density at radius 2 is 2.05 bits per heavy atom. The first-order valence-electron chi connectivity index (χ1n) is 5.02. The molecule has 0 aromatic heterocycles. The van der Waals surface area contributed by atoms with E-state index in [9.17, 15) is 26.8 Å². The van der Waals surface area contributed by atoms with Crippen molar-refractivity contribution in [2.75, 3.05) is 7.11 Å². The van der Waals surface area contributed by atoms with Gasteiger partial charge in [0, 0.05) is 5.56 Å². The van der Waals surface area contributed by atoms with Gasteiger partial charge >= 0.3 is 15.4 Å². The number of hydrogen-bond donors (Lipinski definition) is 1. The highest BCUT2D eigenvalue weighted by Crippen LogP contribution is 2.28. The van der Waals surface area contributed by atoms with Crippen molar-refractivity contribution in [1.82, 2.24) is 0 Å². The fourth-order valence-electron chi connectivity index (χ4n) is 1.14. The molecule has 0 amide bonds. The molecular weight excluding hydrogens is 301 g/mol. The van der Waals surface area contributed by atoms with E-state index >= 15 is 0 Å². The van der Waals surface area contributed by atoms with Gasteiger partial charge in [-0.15, -0.1) is 0 Å². The topological polar surface area (TPSA) is 72.8 Å². The van der Waals surface area contributed by atoms with Crippen LogP contribution < -0.4 is 4.74 Å². The standard InChI is InChI=1S/C11H9F3O5S/c1-18-10-7-8(4-5-9(10)15)3-2-6-11(12,13)20(16,17)19-14/h4-5,7,15H,6H2,1H3. The van der Waals surface area contributed by atoms with Crippen LogP contribution in [0.15, 0.2) is 18.2 Å². The SMILES string of the molecule is COc1cc(C#CCC(F)(F)S(=O)(=O)OF)ccc1O. The second-order valence-corrected chi connectivity index (χ2v) is 5.15. The molecule has 0 saturated carbocycles. The van der Waals surface area contributed by atoms with Gasteiger partial charge in [0.05, 0.1) is 13.5 Å². The second-order valence-electron chi connectivity index (χ2n) is 3.52. The van der Waals surface area contributed by atoms with Gasteiger partial charge in [0.1, 0.15) is 0 Å². The molecule has 0 atom stereocenters. The van der Waals surface area contributed by atoms with Crippen molar-refractivity contribution in [3.05, 3.63) is 23.8 Å². The zero-order chi connectivity index (χ0) is 15.4. The number of alkyl halides is 2. The third-order valence-corrected chi connectivity index (χ3v) is 3.20. The number of halogens is 3. The van der Waals surface area contributed by atoms with Gasteiger partial charge in [0.25, 0.3) is 0 Å². The Bertz CT molecular complexity index is 646. The van der Waals surface area contributed by atoms with Crippen molar-refractivity contribution >= 4 is 10.1 Å². The van der Waals surface area contributed by atoms with E-state index in [1.54, 1.807) is 0 Å². The van der Waals surface area contributed by atoms with Crippen molar-refractivity contribution in [3.8, 4) is 23.3 Å². The third kappa shape index (κ3) is 3.55. The minimum absolute atomic E-state index is 0.0725. The zero-order valence-corrected chi connectivity index (χ0v) is 10.9. The smallest absolute Gasteiger partial charge is 0.383 e. The van der Waals surface area contributed by atoms with Gasteiger partial charge in [0.15, 0.2) is 11.5 Å². The van der Waals surface area contributed by atoms with E-state index in [0.717, 1.165) is 0 Å². The van der Waals surface area contributed by atoms with Gasteiger partial charge in [-0.05, 0) is 22.7 Å². The molecule has 5 nitrogen and oxygen atoms in total. The van der Waals surface area contributed by atoms with Crippen molar-refractivity contribution < 1.29 is 36.0 Å². The zero-order valence-electron chi connectivity index (χ0n) is 10.1. The molecule has 1 N–H and O–H groups in total. The van der Waals surface area contributed by atoms with Gasteiger partial charge in [0.2, 0.25) is 0 Å². The summed E-state index contributed by atoms with van der Waals surface area (Å²) in [5.74, 6) is 4.03. The van der Waals surface area contributed by atoms with E-state index in [2.05, 4.69) is 10.3 Å². The molecule has 0 saturated heterocycles. The summed E-state index contributed by atoms with van der Waals surface area (Å²) in [6.07, 6.45) is -1.44. The number of ether oxygens (including phenoxy) is 1. The molecule has 0 bridgehead atoms. The minimum atomic E-state index is -5.64. The van der Waals surface area contributed by atoms with E-state index in [1.165, 1.54) is 25.3 Å². The lowest BCUT2D eigenvalue weighted by molar-refractivity contribution is -0.0262. The minimum Gasteiger partial charge on any atom is -0.504 e. The number of hydrogen-bond acceptors (Lipinski definition) is 5. The molecule has 0 aliphatic rings. The number of aromatic hydroxyl groups is 1. The number of phenols is 1. The fraction of sp³-hybridized carbons (Fsp3) is 0.273. The molecule has 0 aliphatic heterocycles. The predicted octanol–water partition coefficient (Wildman–Crippen LogP) is 1.97. The van der Waals surface area contributed by atoms with Gasteiger partial charge in [-0.3, -0.25) is 0 Å². The molecule has 1 aromatic carbocycles. The second kappa shape index (κ2) is 6.02. The van der Waals surface area contributed by atoms with Crippen LogP contribution in [0.25, 0.3) is 0 Å². The van der Waals surface area contributed by atoms with E-state index in [1.807, 2.05) is 5.92 Å². The van der Waals surface area contributed by atoms with Gasteiger partial charge < -0.3 is 9.84 Å². The molecule has 110 valence electrons. The summed E-state index contributed by atoms with van der Waals surface area (Å²) in [5, 5.41) is 4.83. The Morgan fingerprint density at radius 3 is 2.60 bits per heavy atom. The highest BCUT2D eigenvalue weighted by atomic mass is 32.2. The van der Waals surface area contributed by atoms with E-state index in [-0.39, 0.29) is 17.1 Å². The van der Waals surface area contributed by atoms with Gasteiger partial charge in [-0.2, -0.15) is 17.2 Å². The summed E-state index contributed by atoms with van der Waals surface area (Å²) in [7, 11) is -4.36. The van der Waals surface area contributed by atoms with Crippen LogP contribution in [0.2, 0.25) is 0 Å². The maximum Gasteiger partial charge on any atom is 0.383 e. The van der Waals surface area contributed by atoms with Crippen LogP contribution in [0.1, 0.15) is 12.0 Å². The van der Waals surface area contributed by atoms with E-state index in [4.69, 9.17) is 4.74 Å². The monoisotopic (exact) mass is 310 g/mol. The highest BCUT2D eigenvalue weighted by Gasteiger charge is 2.46. The van der Waals surface area contributed by atoms with Gasteiger partial charge in [-0.1, -0.05) is 16.2 Å². The van der Waals surface area contributed by atoms with Crippen molar-refractivity contribution in [2.45, 2.75) is 11.7 Å². The summed E-state index contributed by atoms with van der Waals surface area (Å²) in [4.78, 5) is 0. The Kier molecular flexibility index (Phi) is 4.86. The van der Waals surface area contributed by atoms with E-state index < -0.39 is 21.8 Å². The number of phenolic OH excluding ortho intramolecular Hbond substituents is 1. The average molecular weight is 310 g/mol. The molecule has 0 aliphatic carbocycles. The molecule has 0 fully saturated rings. The largest absolute Gasteiger partial charge is 0.504 e. The lowest BCUT2D eigenvalue weighted by Crippen LogP contribution is -2.28. The summed E-state index contributed by atoms with van der Waals surface area (Å²) in [6, 6.07) is 3.80. The Hall–Kier alpha value is -1.92. The third-order valence-electron chi connectivity index (χ3n) is 2.16. The normalized spacial score (nSPS) is 11.6. The van der Waals surface area contributed by atoms with Crippen LogP contribution in [-0.2, 0) is 14.5 Å². The molecular formula is C11H9F3O5S. The number of methoxy groups -OCH3 is 1. The molecule has 0 spiro atoms. The first-order valence-corrected chi connectivity index (χ1v) is 6.43. The lowest BCUT2D eigenvalue weighted by Gasteiger charge is -2.08.